The summed E-state index contributed by atoms with van der Waals surface area (Å²) in [5.41, 5.74) is 8.01. The van der Waals surface area contributed by atoms with Gasteiger partial charge in [0.1, 0.15) is 0 Å². The first-order chi connectivity index (χ1) is 23.7. The van der Waals surface area contributed by atoms with Crippen LogP contribution < -0.4 is 0 Å². The zero-order valence-electron chi connectivity index (χ0n) is 25.8. The zero-order chi connectivity index (χ0) is 32.0. The van der Waals surface area contributed by atoms with Crippen molar-refractivity contribution in [3.63, 3.8) is 0 Å². The Hall–Kier alpha value is -6.10. The number of nitrogens with zero attached hydrogens (tertiary/aromatic N) is 4. The highest BCUT2D eigenvalue weighted by Gasteiger charge is 2.17. The van der Waals surface area contributed by atoms with Crippen LogP contribution in [-0.2, 0) is 0 Å². The summed E-state index contributed by atoms with van der Waals surface area (Å²) in [6.07, 6.45) is 0. The predicted octanol–water partition coefficient (Wildman–Crippen LogP) is 11.4. The third-order valence-electron chi connectivity index (χ3n) is 8.88. The van der Waals surface area contributed by atoms with Gasteiger partial charge in [-0.1, -0.05) is 133 Å². The van der Waals surface area contributed by atoms with Crippen LogP contribution in [0.25, 0.3) is 83.6 Å². The molecule has 9 rings (SSSR count). The molecule has 0 aliphatic rings. The number of rotatable bonds is 5. The second kappa shape index (κ2) is 11.6. The lowest BCUT2D eigenvalue weighted by Gasteiger charge is -2.13. The summed E-state index contributed by atoms with van der Waals surface area (Å²) < 4.78 is 2.34. The molecular formula is C43H27ClN4. The second-order valence-corrected chi connectivity index (χ2v) is 12.3. The van der Waals surface area contributed by atoms with Gasteiger partial charge in [0.2, 0.25) is 0 Å². The molecule has 0 fully saturated rings. The average molecular weight is 635 g/mol. The Labute approximate surface area is 282 Å². The Morgan fingerprint density at radius 1 is 0.396 bits per heavy atom. The standard InChI is InChI=1S/C43H27ClN4/c44-38-23-22-34(48-39-21-10-9-20-35(39)37-25-30-16-7-8-17-31(30)26-40(37)48)27-36(38)32-18-11-19-33(24-32)43-46-41(28-12-3-1-4-13-28)45-42(47-43)29-14-5-2-6-15-29/h1-27H. The minimum Gasteiger partial charge on any atom is -0.309 e. The van der Waals surface area contributed by atoms with Crippen LogP contribution in [0.4, 0.5) is 0 Å². The smallest absolute Gasteiger partial charge is 0.164 e. The highest BCUT2D eigenvalue weighted by molar-refractivity contribution is 6.33. The first-order valence-corrected chi connectivity index (χ1v) is 16.3. The van der Waals surface area contributed by atoms with Crippen LogP contribution in [0.3, 0.4) is 0 Å². The molecule has 48 heavy (non-hydrogen) atoms. The Kier molecular flexibility index (Phi) is 6.81. The molecule has 0 spiro atoms. The molecule has 0 bridgehead atoms. The fraction of sp³-hybridized carbons (Fsp3) is 0. The van der Waals surface area contributed by atoms with Gasteiger partial charge in [-0.15, -0.1) is 0 Å². The molecule has 2 aromatic heterocycles. The number of para-hydroxylation sites is 1. The van der Waals surface area contributed by atoms with Crippen LogP contribution >= 0.6 is 11.6 Å². The molecule has 0 N–H and O–H groups in total. The van der Waals surface area contributed by atoms with Crippen LogP contribution in [0.15, 0.2) is 164 Å². The highest BCUT2D eigenvalue weighted by Crippen LogP contribution is 2.38. The molecule has 5 heteroatoms. The number of fused-ring (bicyclic) bond motifs is 4. The fourth-order valence-corrected chi connectivity index (χ4v) is 6.80. The third kappa shape index (κ3) is 4.91. The molecular weight excluding hydrogens is 608 g/mol. The maximum atomic E-state index is 6.97. The summed E-state index contributed by atoms with van der Waals surface area (Å²) in [4.78, 5) is 14.8. The van der Waals surface area contributed by atoms with E-state index in [1.807, 2.05) is 78.9 Å². The Morgan fingerprint density at radius 3 is 1.67 bits per heavy atom. The van der Waals surface area contributed by atoms with E-state index in [-0.39, 0.29) is 0 Å². The van der Waals surface area contributed by atoms with E-state index in [2.05, 4.69) is 89.5 Å². The molecule has 0 aliphatic carbocycles. The van der Waals surface area contributed by atoms with Gasteiger partial charge in [0.15, 0.2) is 17.5 Å². The SMILES string of the molecule is Clc1ccc(-n2c3ccccc3c3cc4ccccc4cc32)cc1-c1cccc(-c2nc(-c3ccccc3)nc(-c3ccccc3)n2)c1. The summed E-state index contributed by atoms with van der Waals surface area (Å²) in [6.45, 7) is 0. The van der Waals surface area contributed by atoms with Crippen molar-refractivity contribution >= 4 is 44.2 Å². The molecule has 7 aromatic carbocycles. The van der Waals surface area contributed by atoms with Gasteiger partial charge in [0.05, 0.1) is 11.0 Å². The summed E-state index contributed by atoms with van der Waals surface area (Å²) in [5.74, 6) is 1.86. The lowest BCUT2D eigenvalue weighted by atomic mass is 10.0. The van der Waals surface area contributed by atoms with E-state index in [9.17, 15) is 0 Å². The summed E-state index contributed by atoms with van der Waals surface area (Å²) >= 11 is 6.97. The molecule has 4 nitrogen and oxygen atoms in total. The van der Waals surface area contributed by atoms with E-state index in [1.165, 1.54) is 21.5 Å². The van der Waals surface area contributed by atoms with Gasteiger partial charge in [0.25, 0.3) is 0 Å². The van der Waals surface area contributed by atoms with Crippen molar-refractivity contribution in [1.29, 1.82) is 0 Å². The molecule has 226 valence electrons. The molecule has 0 radical (unpaired) electrons. The van der Waals surface area contributed by atoms with Crippen LogP contribution in [-0.4, -0.2) is 19.5 Å². The highest BCUT2D eigenvalue weighted by atomic mass is 35.5. The molecule has 0 aliphatic heterocycles. The van der Waals surface area contributed by atoms with Crippen molar-refractivity contribution in [2.45, 2.75) is 0 Å². The minimum atomic E-state index is 0.603. The summed E-state index contributed by atoms with van der Waals surface area (Å²) in [5, 5.41) is 5.55. The quantitative estimate of drug-likeness (QED) is 0.189. The Bertz CT molecular complexity index is 2570. The van der Waals surface area contributed by atoms with E-state index in [4.69, 9.17) is 26.6 Å². The van der Waals surface area contributed by atoms with Crippen LogP contribution in [0, 0.1) is 0 Å². The first-order valence-electron chi connectivity index (χ1n) is 15.9. The largest absolute Gasteiger partial charge is 0.309 e. The molecule has 9 aromatic rings. The van der Waals surface area contributed by atoms with Gasteiger partial charge < -0.3 is 4.57 Å². The van der Waals surface area contributed by atoms with Gasteiger partial charge in [-0.3, -0.25) is 0 Å². The average Bonchev–Trinajstić information content (AvgIpc) is 3.47. The summed E-state index contributed by atoms with van der Waals surface area (Å²) in [6, 6.07) is 56.3. The maximum absolute atomic E-state index is 6.97. The van der Waals surface area contributed by atoms with Crippen molar-refractivity contribution in [1.82, 2.24) is 19.5 Å². The third-order valence-corrected chi connectivity index (χ3v) is 9.21. The normalized spacial score (nSPS) is 11.4. The van der Waals surface area contributed by atoms with Crippen LogP contribution in [0.5, 0.6) is 0 Å². The monoisotopic (exact) mass is 634 g/mol. The maximum Gasteiger partial charge on any atom is 0.164 e. The van der Waals surface area contributed by atoms with Gasteiger partial charge in [-0.25, -0.2) is 15.0 Å². The number of benzene rings is 7. The van der Waals surface area contributed by atoms with Gasteiger partial charge >= 0.3 is 0 Å². The zero-order valence-corrected chi connectivity index (χ0v) is 26.5. The fourth-order valence-electron chi connectivity index (χ4n) is 6.57. The van der Waals surface area contributed by atoms with E-state index in [0.717, 1.165) is 44.5 Å². The van der Waals surface area contributed by atoms with Crippen molar-refractivity contribution in [3.8, 4) is 51.0 Å². The van der Waals surface area contributed by atoms with Crippen molar-refractivity contribution in [3.05, 3.63) is 169 Å². The number of hydrogen-bond acceptors (Lipinski definition) is 3. The van der Waals surface area contributed by atoms with Gasteiger partial charge in [-0.2, -0.15) is 0 Å². The van der Waals surface area contributed by atoms with Crippen molar-refractivity contribution < 1.29 is 0 Å². The number of hydrogen-bond donors (Lipinski definition) is 0. The van der Waals surface area contributed by atoms with E-state index < -0.39 is 0 Å². The molecule has 0 amide bonds. The van der Waals surface area contributed by atoms with Crippen molar-refractivity contribution in [2.75, 3.05) is 0 Å². The number of aromatic nitrogens is 4. The number of halogens is 1. The Balaban J connectivity index is 1.20. The van der Waals surface area contributed by atoms with Crippen molar-refractivity contribution in [2.24, 2.45) is 0 Å². The molecule has 0 saturated carbocycles. The van der Waals surface area contributed by atoms with Crippen LogP contribution in [0.2, 0.25) is 5.02 Å². The predicted molar refractivity (Wildman–Crippen MR) is 198 cm³/mol. The second-order valence-electron chi connectivity index (χ2n) is 11.9. The Morgan fingerprint density at radius 2 is 0.958 bits per heavy atom. The minimum absolute atomic E-state index is 0.603. The molecule has 0 saturated heterocycles. The topological polar surface area (TPSA) is 43.6 Å². The molecule has 2 heterocycles. The molecule has 0 unspecified atom stereocenters. The first kappa shape index (κ1) is 28.1. The van der Waals surface area contributed by atoms with E-state index >= 15 is 0 Å². The van der Waals surface area contributed by atoms with Gasteiger partial charge in [0, 0.05) is 43.7 Å². The lowest BCUT2D eigenvalue weighted by Crippen LogP contribution is -2.00. The van der Waals surface area contributed by atoms with Crippen LogP contribution in [0.1, 0.15) is 0 Å². The van der Waals surface area contributed by atoms with Gasteiger partial charge in [-0.05, 0) is 58.8 Å². The lowest BCUT2D eigenvalue weighted by molar-refractivity contribution is 1.07. The van der Waals surface area contributed by atoms with E-state index in [1.54, 1.807) is 0 Å². The summed E-state index contributed by atoms with van der Waals surface area (Å²) in [7, 11) is 0. The van der Waals surface area contributed by atoms with E-state index in [0.29, 0.717) is 22.5 Å². The molecule has 0 atom stereocenters.